The third-order valence-electron chi connectivity index (χ3n) is 2.73. The first-order chi connectivity index (χ1) is 9.06. The van der Waals surface area contributed by atoms with Crippen LogP contribution in [0.2, 0.25) is 0 Å². The van der Waals surface area contributed by atoms with Crippen LogP contribution in [0.4, 0.5) is 10.5 Å². The summed E-state index contributed by atoms with van der Waals surface area (Å²) >= 11 is 0. The second-order valence-corrected chi connectivity index (χ2v) is 4.34. The molecule has 1 aromatic carbocycles. The maximum Gasteiger partial charge on any atom is 0.324 e. The van der Waals surface area contributed by atoms with Crippen LogP contribution in [0.15, 0.2) is 30.3 Å². The smallest absolute Gasteiger partial charge is 0.324 e. The van der Waals surface area contributed by atoms with Gasteiger partial charge in [-0.25, -0.2) is 4.79 Å². The van der Waals surface area contributed by atoms with E-state index < -0.39 is 5.97 Å². The highest BCUT2D eigenvalue weighted by Gasteiger charge is 2.19. The second-order valence-electron chi connectivity index (χ2n) is 4.34. The number of nitrogens with zero attached hydrogens (tertiary/aromatic N) is 2. The van der Waals surface area contributed by atoms with Crippen LogP contribution >= 0.6 is 0 Å². The Morgan fingerprint density at radius 1 is 1.16 bits per heavy atom. The van der Waals surface area contributed by atoms with Crippen molar-refractivity contribution < 1.29 is 14.7 Å². The van der Waals surface area contributed by atoms with Crippen molar-refractivity contribution in [2.24, 2.45) is 0 Å². The molecule has 0 atom stereocenters. The number of carbonyl (C=O) groups is 2. The minimum atomic E-state index is -0.910. The van der Waals surface area contributed by atoms with Crippen molar-refractivity contribution in [1.82, 2.24) is 4.90 Å². The summed E-state index contributed by atoms with van der Waals surface area (Å²) in [5.74, 6) is -0.910. The van der Waals surface area contributed by atoms with Gasteiger partial charge in [0.05, 0.1) is 6.42 Å². The molecule has 0 fully saturated rings. The van der Waals surface area contributed by atoms with Gasteiger partial charge in [0, 0.05) is 25.8 Å². The zero-order valence-corrected chi connectivity index (χ0v) is 11.4. The molecule has 0 saturated carbocycles. The number of para-hydroxylation sites is 1. The summed E-state index contributed by atoms with van der Waals surface area (Å²) in [4.78, 5) is 26.1. The SMILES string of the molecule is CCCN(C)C(=O)N(CCC(=O)O)c1ccccc1. The summed E-state index contributed by atoms with van der Waals surface area (Å²) in [5.41, 5.74) is 0.719. The topological polar surface area (TPSA) is 60.9 Å². The molecular weight excluding hydrogens is 244 g/mol. The molecule has 0 aliphatic rings. The number of hydrogen-bond acceptors (Lipinski definition) is 2. The number of hydrogen-bond donors (Lipinski definition) is 1. The molecule has 0 aliphatic carbocycles. The predicted octanol–water partition coefficient (Wildman–Crippen LogP) is 2.43. The fraction of sp³-hybridized carbons (Fsp3) is 0.429. The van der Waals surface area contributed by atoms with Crippen LogP contribution in [-0.4, -0.2) is 42.1 Å². The van der Waals surface area contributed by atoms with Crippen molar-refractivity contribution >= 4 is 17.7 Å². The average Bonchev–Trinajstić information content (AvgIpc) is 2.40. The second kappa shape index (κ2) is 7.41. The first-order valence-corrected chi connectivity index (χ1v) is 6.35. The molecule has 0 radical (unpaired) electrons. The molecule has 0 aliphatic heterocycles. The first kappa shape index (κ1) is 15.0. The highest BCUT2D eigenvalue weighted by Crippen LogP contribution is 2.15. The Labute approximate surface area is 113 Å². The third-order valence-corrected chi connectivity index (χ3v) is 2.73. The average molecular weight is 264 g/mol. The van der Waals surface area contributed by atoms with Gasteiger partial charge in [0.2, 0.25) is 0 Å². The van der Waals surface area contributed by atoms with Crippen molar-refractivity contribution in [1.29, 1.82) is 0 Å². The number of rotatable bonds is 6. The molecule has 0 bridgehead atoms. The summed E-state index contributed by atoms with van der Waals surface area (Å²) in [6.07, 6.45) is 0.796. The van der Waals surface area contributed by atoms with Gasteiger partial charge in [0.25, 0.3) is 0 Å². The minimum absolute atomic E-state index is 0.0688. The molecule has 1 aromatic rings. The molecule has 0 unspecified atom stereocenters. The summed E-state index contributed by atoms with van der Waals surface area (Å²) < 4.78 is 0. The quantitative estimate of drug-likeness (QED) is 0.858. The zero-order valence-electron chi connectivity index (χ0n) is 11.4. The lowest BCUT2D eigenvalue weighted by Crippen LogP contribution is -2.42. The number of amides is 2. The Bertz CT molecular complexity index is 420. The minimum Gasteiger partial charge on any atom is -0.481 e. The number of urea groups is 1. The van der Waals surface area contributed by atoms with Gasteiger partial charge in [-0.1, -0.05) is 25.1 Å². The monoisotopic (exact) mass is 264 g/mol. The molecule has 0 spiro atoms. The van der Waals surface area contributed by atoms with Gasteiger partial charge in [0.15, 0.2) is 0 Å². The molecule has 0 aromatic heterocycles. The maximum atomic E-state index is 12.3. The molecule has 104 valence electrons. The highest BCUT2D eigenvalue weighted by molar-refractivity contribution is 5.92. The van der Waals surface area contributed by atoms with Gasteiger partial charge in [0.1, 0.15) is 0 Å². The Kier molecular flexibility index (Phi) is 5.85. The zero-order chi connectivity index (χ0) is 14.3. The van der Waals surface area contributed by atoms with E-state index in [2.05, 4.69) is 0 Å². The van der Waals surface area contributed by atoms with Crippen LogP contribution in [0, 0.1) is 0 Å². The van der Waals surface area contributed by atoms with Gasteiger partial charge in [-0.15, -0.1) is 0 Å². The van der Waals surface area contributed by atoms with Gasteiger partial charge in [-0.2, -0.15) is 0 Å². The Balaban J connectivity index is 2.86. The van der Waals surface area contributed by atoms with E-state index in [9.17, 15) is 9.59 Å². The van der Waals surface area contributed by atoms with Crippen LogP contribution in [0.5, 0.6) is 0 Å². The van der Waals surface area contributed by atoms with Crippen molar-refractivity contribution in [3.63, 3.8) is 0 Å². The summed E-state index contributed by atoms with van der Waals surface area (Å²) in [6, 6.07) is 8.96. The Morgan fingerprint density at radius 2 is 1.79 bits per heavy atom. The maximum absolute atomic E-state index is 12.3. The number of carbonyl (C=O) groups excluding carboxylic acids is 1. The van der Waals surface area contributed by atoms with Crippen LogP contribution < -0.4 is 4.90 Å². The predicted molar refractivity (Wildman–Crippen MR) is 74.4 cm³/mol. The van der Waals surface area contributed by atoms with E-state index in [1.54, 1.807) is 24.1 Å². The van der Waals surface area contributed by atoms with Gasteiger partial charge in [-0.3, -0.25) is 9.69 Å². The lowest BCUT2D eigenvalue weighted by atomic mass is 10.2. The number of anilines is 1. The molecule has 1 rings (SSSR count). The van der Waals surface area contributed by atoms with E-state index in [1.807, 2.05) is 25.1 Å². The van der Waals surface area contributed by atoms with E-state index in [4.69, 9.17) is 5.11 Å². The molecule has 19 heavy (non-hydrogen) atoms. The number of carboxylic acids is 1. The fourth-order valence-corrected chi connectivity index (χ4v) is 1.79. The molecule has 5 nitrogen and oxygen atoms in total. The Morgan fingerprint density at radius 3 is 2.32 bits per heavy atom. The Hall–Kier alpha value is -2.04. The lowest BCUT2D eigenvalue weighted by molar-refractivity contribution is -0.136. The number of benzene rings is 1. The largest absolute Gasteiger partial charge is 0.481 e. The van der Waals surface area contributed by atoms with Crippen LogP contribution in [0.25, 0.3) is 0 Å². The van der Waals surface area contributed by atoms with Crippen LogP contribution in [0.1, 0.15) is 19.8 Å². The summed E-state index contributed by atoms with van der Waals surface area (Å²) in [7, 11) is 1.72. The third kappa shape index (κ3) is 4.62. The van der Waals surface area contributed by atoms with Crippen molar-refractivity contribution in [3.05, 3.63) is 30.3 Å². The van der Waals surface area contributed by atoms with E-state index in [0.717, 1.165) is 12.1 Å². The highest BCUT2D eigenvalue weighted by atomic mass is 16.4. The van der Waals surface area contributed by atoms with Crippen molar-refractivity contribution in [2.45, 2.75) is 19.8 Å². The van der Waals surface area contributed by atoms with E-state index in [1.165, 1.54) is 4.90 Å². The van der Waals surface area contributed by atoms with Gasteiger partial charge < -0.3 is 10.0 Å². The van der Waals surface area contributed by atoms with Gasteiger partial charge >= 0.3 is 12.0 Å². The molecule has 5 heteroatoms. The van der Waals surface area contributed by atoms with E-state index in [-0.39, 0.29) is 19.0 Å². The molecule has 1 N–H and O–H groups in total. The number of aliphatic carboxylic acids is 1. The summed E-state index contributed by atoms with van der Waals surface area (Å²) in [6.45, 7) is 2.81. The molecule has 0 saturated heterocycles. The molecule has 0 heterocycles. The summed E-state index contributed by atoms with van der Waals surface area (Å²) in [5, 5.41) is 8.78. The number of carboxylic acid groups (broad SMARTS) is 1. The normalized spacial score (nSPS) is 10.0. The van der Waals surface area contributed by atoms with E-state index >= 15 is 0 Å². The van der Waals surface area contributed by atoms with Crippen molar-refractivity contribution in [2.75, 3.05) is 25.0 Å². The fourth-order valence-electron chi connectivity index (χ4n) is 1.79. The van der Waals surface area contributed by atoms with Gasteiger partial charge in [-0.05, 0) is 18.6 Å². The van der Waals surface area contributed by atoms with E-state index in [0.29, 0.717) is 6.54 Å². The molecule has 2 amide bonds. The molecular formula is C14H20N2O3. The van der Waals surface area contributed by atoms with Crippen LogP contribution in [0.3, 0.4) is 0 Å². The van der Waals surface area contributed by atoms with Crippen molar-refractivity contribution in [3.8, 4) is 0 Å². The first-order valence-electron chi connectivity index (χ1n) is 6.35. The lowest BCUT2D eigenvalue weighted by Gasteiger charge is -2.27. The standard InChI is InChI=1S/C14H20N2O3/c1-3-10-15(2)14(19)16(11-9-13(17)18)12-7-5-4-6-8-12/h4-8H,3,9-11H2,1-2H3,(H,17,18). The van der Waals surface area contributed by atoms with Crippen LogP contribution in [-0.2, 0) is 4.79 Å².